The van der Waals surface area contributed by atoms with E-state index in [0.29, 0.717) is 17.1 Å². The Bertz CT molecular complexity index is 679. The van der Waals surface area contributed by atoms with Gasteiger partial charge in [-0.05, 0) is 19.1 Å². The molecule has 20 heavy (non-hydrogen) atoms. The SMILES string of the molecule is COc1ccc(-n2cc(CCl)c(=O)cc2C)c(OC)c1. The van der Waals surface area contributed by atoms with Gasteiger partial charge in [0.25, 0.3) is 0 Å². The fraction of sp³-hybridized carbons (Fsp3) is 0.267. The fourth-order valence-corrected chi connectivity index (χ4v) is 2.22. The first kappa shape index (κ1) is 14.5. The van der Waals surface area contributed by atoms with Crippen LogP contribution in [0.3, 0.4) is 0 Å². The van der Waals surface area contributed by atoms with Crippen molar-refractivity contribution in [3.63, 3.8) is 0 Å². The number of benzene rings is 1. The topological polar surface area (TPSA) is 40.5 Å². The first-order chi connectivity index (χ1) is 9.60. The van der Waals surface area contributed by atoms with E-state index in [1.54, 1.807) is 32.5 Å². The van der Waals surface area contributed by atoms with Gasteiger partial charge in [0.05, 0.1) is 25.8 Å². The van der Waals surface area contributed by atoms with Crippen LogP contribution in [0.1, 0.15) is 11.3 Å². The largest absolute Gasteiger partial charge is 0.497 e. The van der Waals surface area contributed by atoms with Crippen LogP contribution in [-0.2, 0) is 5.88 Å². The Labute approximate surface area is 122 Å². The van der Waals surface area contributed by atoms with Crippen molar-refractivity contribution in [3.05, 3.63) is 51.9 Å². The Kier molecular flexibility index (Phi) is 4.35. The number of alkyl halides is 1. The van der Waals surface area contributed by atoms with E-state index in [-0.39, 0.29) is 11.3 Å². The number of hydrogen-bond donors (Lipinski definition) is 0. The van der Waals surface area contributed by atoms with Crippen molar-refractivity contribution in [3.8, 4) is 17.2 Å². The number of nitrogens with zero attached hydrogens (tertiary/aromatic N) is 1. The molecular formula is C15H16ClNO3. The molecule has 106 valence electrons. The maximum Gasteiger partial charge on any atom is 0.186 e. The van der Waals surface area contributed by atoms with Crippen LogP contribution < -0.4 is 14.9 Å². The van der Waals surface area contributed by atoms with Crippen LogP contribution in [-0.4, -0.2) is 18.8 Å². The molecule has 0 N–H and O–H groups in total. The Morgan fingerprint density at radius 2 is 1.95 bits per heavy atom. The van der Waals surface area contributed by atoms with Gasteiger partial charge in [0, 0.05) is 29.6 Å². The summed E-state index contributed by atoms with van der Waals surface area (Å²) in [5, 5.41) is 0. The van der Waals surface area contributed by atoms with Gasteiger partial charge in [-0.3, -0.25) is 4.79 Å². The van der Waals surface area contributed by atoms with E-state index in [0.717, 1.165) is 11.4 Å². The van der Waals surface area contributed by atoms with Crippen molar-refractivity contribution in [2.24, 2.45) is 0 Å². The third-order valence-corrected chi connectivity index (χ3v) is 3.40. The van der Waals surface area contributed by atoms with Crippen molar-refractivity contribution in [2.75, 3.05) is 14.2 Å². The van der Waals surface area contributed by atoms with Gasteiger partial charge in [0.15, 0.2) is 5.43 Å². The zero-order chi connectivity index (χ0) is 14.7. The molecule has 4 nitrogen and oxygen atoms in total. The van der Waals surface area contributed by atoms with E-state index >= 15 is 0 Å². The van der Waals surface area contributed by atoms with E-state index in [4.69, 9.17) is 21.1 Å². The summed E-state index contributed by atoms with van der Waals surface area (Å²) in [7, 11) is 3.20. The van der Waals surface area contributed by atoms with Gasteiger partial charge in [-0.15, -0.1) is 11.6 Å². The molecule has 0 fully saturated rings. The summed E-state index contributed by atoms with van der Waals surface area (Å²) in [6.07, 6.45) is 1.75. The van der Waals surface area contributed by atoms with E-state index in [9.17, 15) is 4.79 Å². The molecular weight excluding hydrogens is 278 g/mol. The highest BCUT2D eigenvalue weighted by atomic mass is 35.5. The second-order valence-corrected chi connectivity index (χ2v) is 4.61. The summed E-state index contributed by atoms with van der Waals surface area (Å²) >= 11 is 5.80. The van der Waals surface area contributed by atoms with Crippen LogP contribution in [0.2, 0.25) is 0 Å². The van der Waals surface area contributed by atoms with Gasteiger partial charge in [-0.2, -0.15) is 0 Å². The van der Waals surface area contributed by atoms with E-state index in [2.05, 4.69) is 0 Å². The predicted octanol–water partition coefficient (Wildman–Crippen LogP) is 2.90. The second kappa shape index (κ2) is 6.01. The Balaban J connectivity index is 2.64. The molecule has 0 amide bonds. The molecule has 0 aliphatic carbocycles. The van der Waals surface area contributed by atoms with Crippen LogP contribution in [0.4, 0.5) is 0 Å². The Morgan fingerprint density at radius 3 is 2.55 bits per heavy atom. The molecule has 0 atom stereocenters. The van der Waals surface area contributed by atoms with Crippen molar-refractivity contribution in [2.45, 2.75) is 12.8 Å². The highest BCUT2D eigenvalue weighted by molar-refractivity contribution is 6.17. The maximum atomic E-state index is 11.8. The lowest BCUT2D eigenvalue weighted by molar-refractivity contribution is 0.393. The number of aryl methyl sites for hydroxylation is 1. The summed E-state index contributed by atoms with van der Waals surface area (Å²) < 4.78 is 12.5. The molecule has 0 spiro atoms. The van der Waals surface area contributed by atoms with Crippen LogP contribution in [0.15, 0.2) is 35.3 Å². The molecule has 0 saturated heterocycles. The molecule has 5 heteroatoms. The average molecular weight is 294 g/mol. The number of rotatable bonds is 4. The molecule has 1 aromatic carbocycles. The third kappa shape index (κ3) is 2.65. The van der Waals surface area contributed by atoms with Crippen molar-refractivity contribution in [1.29, 1.82) is 0 Å². The highest BCUT2D eigenvalue weighted by Crippen LogP contribution is 2.28. The number of pyridine rings is 1. The van der Waals surface area contributed by atoms with Gasteiger partial charge in [-0.1, -0.05) is 0 Å². The second-order valence-electron chi connectivity index (χ2n) is 4.35. The molecule has 2 aromatic rings. The monoisotopic (exact) mass is 293 g/mol. The third-order valence-electron chi connectivity index (χ3n) is 3.11. The van der Waals surface area contributed by atoms with Crippen LogP contribution >= 0.6 is 11.6 Å². The summed E-state index contributed by atoms with van der Waals surface area (Å²) in [5.41, 5.74) is 2.14. The highest BCUT2D eigenvalue weighted by Gasteiger charge is 2.10. The molecule has 2 rings (SSSR count). The zero-order valence-electron chi connectivity index (χ0n) is 11.6. The van der Waals surface area contributed by atoms with E-state index in [1.165, 1.54) is 0 Å². The molecule has 0 unspecified atom stereocenters. The van der Waals surface area contributed by atoms with Gasteiger partial charge in [0.1, 0.15) is 11.5 Å². The molecule has 0 bridgehead atoms. The van der Waals surface area contributed by atoms with Crippen molar-refractivity contribution >= 4 is 11.6 Å². The molecule has 0 aliphatic rings. The normalized spacial score (nSPS) is 10.4. The van der Waals surface area contributed by atoms with Gasteiger partial charge < -0.3 is 14.0 Å². The standard InChI is InChI=1S/C15H16ClNO3/c1-10-6-14(18)11(8-16)9-17(10)13-5-4-12(19-2)7-15(13)20-3/h4-7,9H,8H2,1-3H3. The lowest BCUT2D eigenvalue weighted by atomic mass is 10.2. The van der Waals surface area contributed by atoms with Crippen LogP contribution in [0, 0.1) is 6.92 Å². The lowest BCUT2D eigenvalue weighted by Crippen LogP contribution is -2.13. The van der Waals surface area contributed by atoms with Crippen molar-refractivity contribution < 1.29 is 9.47 Å². The van der Waals surface area contributed by atoms with Gasteiger partial charge >= 0.3 is 0 Å². The van der Waals surface area contributed by atoms with Gasteiger partial charge in [-0.25, -0.2) is 0 Å². The quantitative estimate of drug-likeness (QED) is 0.814. The molecule has 0 saturated carbocycles. The van der Waals surface area contributed by atoms with Crippen LogP contribution in [0.25, 0.3) is 5.69 Å². The molecule has 1 aromatic heterocycles. The Morgan fingerprint density at radius 1 is 1.20 bits per heavy atom. The summed E-state index contributed by atoms with van der Waals surface area (Å²) in [5.74, 6) is 1.55. The fourth-order valence-electron chi connectivity index (χ4n) is 2.02. The first-order valence-corrected chi connectivity index (χ1v) is 6.64. The minimum atomic E-state index is -0.0544. The zero-order valence-corrected chi connectivity index (χ0v) is 12.4. The molecule has 1 heterocycles. The number of aromatic nitrogens is 1. The number of ether oxygens (including phenoxy) is 2. The summed E-state index contributed by atoms with van der Waals surface area (Å²) in [6, 6.07) is 7.09. The van der Waals surface area contributed by atoms with Crippen LogP contribution in [0.5, 0.6) is 11.5 Å². The van der Waals surface area contributed by atoms with Crippen molar-refractivity contribution in [1.82, 2.24) is 4.57 Å². The number of hydrogen-bond acceptors (Lipinski definition) is 3. The lowest BCUT2D eigenvalue weighted by Gasteiger charge is -2.16. The minimum Gasteiger partial charge on any atom is -0.497 e. The van der Waals surface area contributed by atoms with E-state index < -0.39 is 0 Å². The summed E-state index contributed by atoms with van der Waals surface area (Å²) in [6.45, 7) is 1.86. The molecule has 0 aliphatic heterocycles. The first-order valence-electron chi connectivity index (χ1n) is 6.11. The maximum absolute atomic E-state index is 11.8. The summed E-state index contributed by atoms with van der Waals surface area (Å²) in [4.78, 5) is 11.8. The van der Waals surface area contributed by atoms with Gasteiger partial charge in [0.2, 0.25) is 0 Å². The average Bonchev–Trinajstić information content (AvgIpc) is 2.47. The Hall–Kier alpha value is -1.94. The number of halogens is 1. The minimum absolute atomic E-state index is 0.0544. The number of methoxy groups -OCH3 is 2. The predicted molar refractivity (Wildman–Crippen MR) is 79.4 cm³/mol. The molecule has 0 radical (unpaired) electrons. The van der Waals surface area contributed by atoms with E-state index in [1.807, 2.05) is 23.6 Å². The smallest absolute Gasteiger partial charge is 0.186 e.